The van der Waals surface area contributed by atoms with Crippen molar-refractivity contribution in [3.8, 4) is 0 Å². The van der Waals surface area contributed by atoms with Crippen molar-refractivity contribution in [1.29, 1.82) is 0 Å². The first-order valence-electron chi connectivity index (χ1n) is 8.71. The first-order valence-corrected chi connectivity index (χ1v) is 8.71. The molecule has 0 N–H and O–H groups in total. The van der Waals surface area contributed by atoms with Gasteiger partial charge in [-0.05, 0) is 40.5 Å². The normalized spacial score (nSPS) is 21.2. The number of carbonyl (C=O) groups excluding carboxylic acids is 4. The fourth-order valence-electron chi connectivity index (χ4n) is 2.47. The molecule has 0 heterocycles. The lowest BCUT2D eigenvalue weighted by atomic mass is 9.83. The average Bonchev–Trinajstić information content (AvgIpc) is 2.61. The summed E-state index contributed by atoms with van der Waals surface area (Å²) in [5, 5.41) is 0. The summed E-state index contributed by atoms with van der Waals surface area (Å²) in [6, 6.07) is 0. The van der Waals surface area contributed by atoms with Crippen LogP contribution in [0.5, 0.6) is 0 Å². The van der Waals surface area contributed by atoms with Crippen LogP contribution >= 0.6 is 0 Å². The molecule has 0 amide bonds. The molecule has 0 spiro atoms. The van der Waals surface area contributed by atoms with Crippen LogP contribution in [0.2, 0.25) is 0 Å². The molecule has 1 rings (SSSR count). The molecule has 0 saturated heterocycles. The summed E-state index contributed by atoms with van der Waals surface area (Å²) in [4.78, 5) is 48.0. The number of allylic oxidation sites excluding steroid dienone is 2. The van der Waals surface area contributed by atoms with Gasteiger partial charge >= 0.3 is 23.9 Å². The van der Waals surface area contributed by atoms with E-state index in [4.69, 9.17) is 18.9 Å². The van der Waals surface area contributed by atoms with Crippen LogP contribution in [-0.2, 0) is 38.1 Å². The van der Waals surface area contributed by atoms with E-state index in [9.17, 15) is 19.2 Å². The lowest BCUT2D eigenvalue weighted by Gasteiger charge is -2.27. The van der Waals surface area contributed by atoms with E-state index in [1.54, 1.807) is 26.0 Å². The zero-order valence-electron chi connectivity index (χ0n) is 15.6. The van der Waals surface area contributed by atoms with Crippen LogP contribution in [-0.4, -0.2) is 49.3 Å². The third-order valence-electron chi connectivity index (χ3n) is 3.86. The summed E-state index contributed by atoms with van der Waals surface area (Å²) in [7, 11) is 0. The maximum Gasteiger partial charge on any atom is 0.347 e. The number of ether oxygens (including phenoxy) is 4. The highest BCUT2D eigenvalue weighted by molar-refractivity contribution is 5.86. The summed E-state index contributed by atoms with van der Waals surface area (Å²) in [6.07, 6.45) is 1.95. The van der Waals surface area contributed by atoms with E-state index in [2.05, 4.69) is 0 Å². The van der Waals surface area contributed by atoms with Crippen molar-refractivity contribution in [3.05, 3.63) is 12.2 Å². The Balaban J connectivity index is 2.72. The molecule has 0 unspecified atom stereocenters. The first kappa shape index (κ1) is 21.7. The molecule has 0 saturated carbocycles. The summed E-state index contributed by atoms with van der Waals surface area (Å²) >= 11 is 0. The van der Waals surface area contributed by atoms with Crippen molar-refractivity contribution in [2.45, 2.75) is 52.7 Å². The van der Waals surface area contributed by atoms with Crippen molar-refractivity contribution in [3.63, 3.8) is 0 Å². The smallest absolute Gasteiger partial charge is 0.347 e. The highest BCUT2D eigenvalue weighted by Gasteiger charge is 2.38. The van der Waals surface area contributed by atoms with Crippen molar-refractivity contribution in [2.75, 3.05) is 13.2 Å². The van der Waals surface area contributed by atoms with E-state index in [0.717, 1.165) is 0 Å². The molecule has 0 aromatic heterocycles. The molecule has 8 heteroatoms. The van der Waals surface area contributed by atoms with E-state index < -0.39 is 47.9 Å². The lowest BCUT2D eigenvalue weighted by molar-refractivity contribution is -0.176. The summed E-state index contributed by atoms with van der Waals surface area (Å²) in [6.45, 7) is 6.46. The minimum absolute atomic E-state index is 0.174. The van der Waals surface area contributed by atoms with Crippen molar-refractivity contribution < 1.29 is 38.1 Å². The summed E-state index contributed by atoms with van der Waals surface area (Å²) < 4.78 is 19.8. The third kappa shape index (κ3) is 6.16. The number of hydrogen-bond acceptors (Lipinski definition) is 8. The molecule has 0 bridgehead atoms. The zero-order chi connectivity index (χ0) is 19.7. The van der Waals surface area contributed by atoms with Gasteiger partial charge in [-0.3, -0.25) is 9.59 Å². The molecule has 26 heavy (non-hydrogen) atoms. The SMILES string of the molecule is CCOC(=O)[C@H](C)OC(=O)[C@H]1CC=CC[C@@H]1C(=O)O[C@@H](C)C(=O)OCC. The molecule has 0 aliphatic heterocycles. The van der Waals surface area contributed by atoms with Crippen molar-refractivity contribution >= 4 is 23.9 Å². The van der Waals surface area contributed by atoms with Crippen LogP contribution in [0.3, 0.4) is 0 Å². The number of rotatable bonds is 8. The maximum atomic E-state index is 12.4. The summed E-state index contributed by atoms with van der Waals surface area (Å²) in [5.74, 6) is -4.25. The molecular formula is C18H26O8. The Morgan fingerprint density at radius 2 is 1.15 bits per heavy atom. The molecule has 4 atom stereocenters. The Morgan fingerprint density at radius 1 is 0.808 bits per heavy atom. The minimum atomic E-state index is -1.07. The van der Waals surface area contributed by atoms with Crippen LogP contribution in [0.4, 0.5) is 0 Å². The molecule has 8 nitrogen and oxygen atoms in total. The number of hydrogen-bond donors (Lipinski definition) is 0. The van der Waals surface area contributed by atoms with Gasteiger partial charge in [0.25, 0.3) is 0 Å². The molecule has 1 aliphatic carbocycles. The van der Waals surface area contributed by atoms with Gasteiger partial charge < -0.3 is 18.9 Å². The molecule has 0 fully saturated rings. The molecule has 0 aromatic rings. The zero-order valence-corrected chi connectivity index (χ0v) is 15.6. The quantitative estimate of drug-likeness (QED) is 0.360. The molecule has 146 valence electrons. The van der Waals surface area contributed by atoms with Gasteiger partial charge in [0, 0.05) is 0 Å². The molecular weight excluding hydrogens is 344 g/mol. The minimum Gasteiger partial charge on any atom is -0.463 e. The van der Waals surface area contributed by atoms with E-state index >= 15 is 0 Å². The lowest BCUT2D eigenvalue weighted by Crippen LogP contribution is -2.38. The second-order valence-electron chi connectivity index (χ2n) is 5.82. The topological polar surface area (TPSA) is 105 Å². The Hall–Kier alpha value is -2.38. The van der Waals surface area contributed by atoms with Crippen LogP contribution in [0, 0.1) is 11.8 Å². The Morgan fingerprint density at radius 3 is 1.46 bits per heavy atom. The average molecular weight is 370 g/mol. The van der Waals surface area contributed by atoms with E-state index in [1.807, 2.05) is 0 Å². The molecule has 1 aliphatic rings. The monoisotopic (exact) mass is 370 g/mol. The van der Waals surface area contributed by atoms with Crippen LogP contribution in [0.1, 0.15) is 40.5 Å². The van der Waals surface area contributed by atoms with Crippen molar-refractivity contribution in [1.82, 2.24) is 0 Å². The van der Waals surface area contributed by atoms with Crippen LogP contribution in [0.25, 0.3) is 0 Å². The Bertz CT molecular complexity index is 505. The van der Waals surface area contributed by atoms with Crippen LogP contribution in [0.15, 0.2) is 12.2 Å². The predicted molar refractivity (Wildman–Crippen MR) is 89.7 cm³/mol. The van der Waals surface area contributed by atoms with E-state index in [-0.39, 0.29) is 26.1 Å². The van der Waals surface area contributed by atoms with Gasteiger partial charge in [-0.2, -0.15) is 0 Å². The largest absolute Gasteiger partial charge is 0.463 e. The number of esters is 4. The Labute approximate surface area is 152 Å². The molecule has 0 radical (unpaired) electrons. The molecule has 0 aromatic carbocycles. The van der Waals surface area contributed by atoms with E-state index in [0.29, 0.717) is 0 Å². The highest BCUT2D eigenvalue weighted by atomic mass is 16.6. The second-order valence-corrected chi connectivity index (χ2v) is 5.82. The van der Waals surface area contributed by atoms with E-state index in [1.165, 1.54) is 13.8 Å². The standard InChI is InChI=1S/C18H26O8/c1-5-23-15(19)11(3)25-17(21)13-9-7-8-10-14(13)18(22)26-12(4)16(20)24-6-2/h7-8,11-14H,5-6,9-10H2,1-4H3/t11-,12-,13-,14-/m0/s1. The van der Waals surface area contributed by atoms with Gasteiger partial charge in [0.15, 0.2) is 12.2 Å². The fourth-order valence-corrected chi connectivity index (χ4v) is 2.47. The number of carbonyl (C=O) groups is 4. The van der Waals surface area contributed by atoms with Crippen molar-refractivity contribution in [2.24, 2.45) is 11.8 Å². The fraction of sp³-hybridized carbons (Fsp3) is 0.667. The second kappa shape index (κ2) is 10.6. The highest BCUT2D eigenvalue weighted by Crippen LogP contribution is 2.29. The van der Waals surface area contributed by atoms with Gasteiger partial charge in [-0.15, -0.1) is 0 Å². The van der Waals surface area contributed by atoms with Gasteiger partial charge in [0.1, 0.15) is 0 Å². The third-order valence-corrected chi connectivity index (χ3v) is 3.86. The predicted octanol–water partition coefficient (Wildman–Crippen LogP) is 1.56. The van der Waals surface area contributed by atoms with Gasteiger partial charge in [0.05, 0.1) is 25.0 Å². The Kier molecular flexibility index (Phi) is 8.81. The van der Waals surface area contributed by atoms with Gasteiger partial charge in [0.2, 0.25) is 0 Å². The first-order chi connectivity index (χ1) is 12.3. The van der Waals surface area contributed by atoms with Gasteiger partial charge in [-0.1, -0.05) is 12.2 Å². The summed E-state index contributed by atoms with van der Waals surface area (Å²) in [5.41, 5.74) is 0. The maximum absolute atomic E-state index is 12.4. The van der Waals surface area contributed by atoms with Crippen LogP contribution < -0.4 is 0 Å². The van der Waals surface area contributed by atoms with Gasteiger partial charge in [-0.25, -0.2) is 9.59 Å².